The van der Waals surface area contributed by atoms with E-state index in [1.807, 2.05) is 18.7 Å². The van der Waals surface area contributed by atoms with Crippen LogP contribution >= 0.6 is 0 Å². The van der Waals surface area contributed by atoms with Gasteiger partial charge in [0.2, 0.25) is 0 Å². The Morgan fingerprint density at radius 3 is 2.90 bits per heavy atom. The Labute approximate surface area is 127 Å². The van der Waals surface area contributed by atoms with Crippen LogP contribution in [0.15, 0.2) is 6.20 Å². The summed E-state index contributed by atoms with van der Waals surface area (Å²) in [5.41, 5.74) is 1.22. The predicted octanol–water partition coefficient (Wildman–Crippen LogP) is 2.90. The molecule has 1 aliphatic rings. The Balaban J connectivity index is 2.26. The van der Waals surface area contributed by atoms with E-state index < -0.39 is 0 Å². The molecule has 1 N–H and O–H groups in total. The van der Waals surface area contributed by atoms with E-state index in [0.29, 0.717) is 17.3 Å². The summed E-state index contributed by atoms with van der Waals surface area (Å²) >= 11 is 0. The fraction of sp³-hybridized carbons (Fsp3) is 0.688. The minimum atomic E-state index is 0.0294. The van der Waals surface area contributed by atoms with Crippen LogP contribution in [0.1, 0.15) is 62.3 Å². The highest BCUT2D eigenvalue weighted by Crippen LogP contribution is 2.23. The first kappa shape index (κ1) is 15.7. The van der Waals surface area contributed by atoms with E-state index in [2.05, 4.69) is 22.2 Å². The molecule has 5 nitrogen and oxygen atoms in total. The van der Waals surface area contributed by atoms with Gasteiger partial charge in [0.1, 0.15) is 5.82 Å². The van der Waals surface area contributed by atoms with Crippen LogP contribution in [0.4, 0.5) is 5.69 Å². The Kier molecular flexibility index (Phi) is 5.15. The number of carbonyl (C=O) groups is 1. The first-order chi connectivity index (χ1) is 10.1. The van der Waals surface area contributed by atoms with Crippen LogP contribution in [0, 0.1) is 5.92 Å². The summed E-state index contributed by atoms with van der Waals surface area (Å²) in [6.07, 6.45) is 5.15. The third kappa shape index (κ3) is 3.52. The summed E-state index contributed by atoms with van der Waals surface area (Å²) in [6.45, 7) is 7.95. The maximum atomic E-state index is 12.8. The number of piperidine rings is 1. The zero-order chi connectivity index (χ0) is 15.4. The zero-order valence-corrected chi connectivity index (χ0v) is 13.5. The smallest absolute Gasteiger partial charge is 0.274 e. The molecule has 21 heavy (non-hydrogen) atoms. The normalized spacial score (nSPS) is 18.9. The van der Waals surface area contributed by atoms with Crippen molar-refractivity contribution >= 4 is 11.6 Å². The van der Waals surface area contributed by atoms with E-state index in [9.17, 15) is 4.79 Å². The van der Waals surface area contributed by atoms with Crippen molar-refractivity contribution in [2.75, 3.05) is 25.5 Å². The average Bonchev–Trinajstić information content (AvgIpc) is 2.53. The highest BCUT2D eigenvalue weighted by Gasteiger charge is 2.26. The first-order valence-electron chi connectivity index (χ1n) is 7.90. The summed E-state index contributed by atoms with van der Waals surface area (Å²) in [5, 5.41) is 3.03. The van der Waals surface area contributed by atoms with Gasteiger partial charge in [0, 0.05) is 26.1 Å². The van der Waals surface area contributed by atoms with Gasteiger partial charge in [-0.1, -0.05) is 27.2 Å². The molecule has 1 aromatic rings. The monoisotopic (exact) mass is 290 g/mol. The third-order valence-corrected chi connectivity index (χ3v) is 4.18. The molecule has 1 atom stereocenters. The fourth-order valence-corrected chi connectivity index (χ4v) is 2.75. The number of rotatable bonds is 4. The van der Waals surface area contributed by atoms with Crippen molar-refractivity contribution in [2.45, 2.75) is 46.0 Å². The van der Waals surface area contributed by atoms with Gasteiger partial charge < -0.3 is 10.2 Å². The molecule has 0 spiro atoms. The third-order valence-electron chi connectivity index (χ3n) is 4.18. The molecule has 1 aliphatic heterocycles. The molecular weight excluding hydrogens is 264 g/mol. The number of nitrogens with zero attached hydrogens (tertiary/aromatic N) is 3. The molecule has 5 heteroatoms. The van der Waals surface area contributed by atoms with Gasteiger partial charge in [-0.2, -0.15) is 0 Å². The second-order valence-electron chi connectivity index (χ2n) is 6.06. The number of carbonyl (C=O) groups excluding carboxylic acids is 1. The number of likely N-dealkylation sites (tertiary alicyclic amines) is 1. The molecule has 1 unspecified atom stereocenters. The summed E-state index contributed by atoms with van der Waals surface area (Å²) in [7, 11) is 1.80. The molecule has 0 saturated carbocycles. The first-order valence-corrected chi connectivity index (χ1v) is 7.90. The van der Waals surface area contributed by atoms with Crippen LogP contribution in [0.3, 0.4) is 0 Å². The second kappa shape index (κ2) is 6.87. The Morgan fingerprint density at radius 1 is 1.52 bits per heavy atom. The molecule has 1 saturated heterocycles. The molecule has 0 radical (unpaired) electrons. The van der Waals surface area contributed by atoms with Gasteiger partial charge in [-0.05, 0) is 18.8 Å². The molecule has 0 aliphatic carbocycles. The molecule has 0 bridgehead atoms. The zero-order valence-electron chi connectivity index (χ0n) is 13.5. The van der Waals surface area contributed by atoms with Crippen molar-refractivity contribution < 1.29 is 4.79 Å². The van der Waals surface area contributed by atoms with Crippen LogP contribution in [0.25, 0.3) is 0 Å². The van der Waals surface area contributed by atoms with Crippen molar-refractivity contribution in [1.29, 1.82) is 0 Å². The summed E-state index contributed by atoms with van der Waals surface area (Å²) in [4.78, 5) is 23.6. The number of aromatic nitrogens is 2. The van der Waals surface area contributed by atoms with Gasteiger partial charge in [0.05, 0.1) is 11.9 Å². The lowest BCUT2D eigenvalue weighted by atomic mass is 9.95. The SMILES string of the molecule is CCC1CCCN(C(=O)c2nc(C(C)C)ncc2NC)C1. The van der Waals surface area contributed by atoms with E-state index in [4.69, 9.17) is 0 Å². The van der Waals surface area contributed by atoms with Crippen LogP contribution < -0.4 is 5.32 Å². The van der Waals surface area contributed by atoms with Crippen molar-refractivity contribution in [3.8, 4) is 0 Å². The number of anilines is 1. The molecule has 116 valence electrons. The molecule has 0 aromatic carbocycles. The van der Waals surface area contributed by atoms with E-state index in [1.54, 1.807) is 13.2 Å². The van der Waals surface area contributed by atoms with Gasteiger partial charge >= 0.3 is 0 Å². The van der Waals surface area contributed by atoms with Gasteiger partial charge in [-0.15, -0.1) is 0 Å². The highest BCUT2D eigenvalue weighted by molar-refractivity contribution is 5.97. The predicted molar refractivity (Wildman–Crippen MR) is 84.6 cm³/mol. The molecule has 1 aromatic heterocycles. The van der Waals surface area contributed by atoms with E-state index in [-0.39, 0.29) is 11.8 Å². The van der Waals surface area contributed by atoms with Crippen molar-refractivity contribution in [3.05, 3.63) is 17.7 Å². The van der Waals surface area contributed by atoms with Crippen molar-refractivity contribution in [1.82, 2.24) is 14.9 Å². The van der Waals surface area contributed by atoms with Crippen LogP contribution in [0.2, 0.25) is 0 Å². The molecule has 1 amide bonds. The number of hydrogen-bond acceptors (Lipinski definition) is 4. The number of nitrogens with one attached hydrogen (secondary N) is 1. The maximum Gasteiger partial charge on any atom is 0.274 e. The van der Waals surface area contributed by atoms with Crippen LogP contribution in [0.5, 0.6) is 0 Å². The van der Waals surface area contributed by atoms with E-state index in [0.717, 1.165) is 31.8 Å². The van der Waals surface area contributed by atoms with Gasteiger partial charge in [-0.25, -0.2) is 9.97 Å². The highest BCUT2D eigenvalue weighted by atomic mass is 16.2. The topological polar surface area (TPSA) is 58.1 Å². The maximum absolute atomic E-state index is 12.8. The van der Waals surface area contributed by atoms with Gasteiger partial charge in [0.15, 0.2) is 5.69 Å². The molecule has 1 fully saturated rings. The van der Waals surface area contributed by atoms with Gasteiger partial charge in [0.25, 0.3) is 5.91 Å². The van der Waals surface area contributed by atoms with Crippen molar-refractivity contribution in [2.24, 2.45) is 5.92 Å². The Bertz CT molecular complexity index is 501. The number of hydrogen-bond donors (Lipinski definition) is 1. The Morgan fingerprint density at radius 2 is 2.29 bits per heavy atom. The lowest BCUT2D eigenvalue weighted by Gasteiger charge is -2.32. The Hall–Kier alpha value is -1.65. The number of amides is 1. The largest absolute Gasteiger partial charge is 0.385 e. The van der Waals surface area contributed by atoms with Crippen molar-refractivity contribution in [3.63, 3.8) is 0 Å². The lowest BCUT2D eigenvalue weighted by molar-refractivity contribution is 0.0665. The fourth-order valence-electron chi connectivity index (χ4n) is 2.75. The summed E-state index contributed by atoms with van der Waals surface area (Å²) in [5.74, 6) is 1.59. The summed E-state index contributed by atoms with van der Waals surface area (Å²) < 4.78 is 0. The lowest BCUT2D eigenvalue weighted by Crippen LogP contribution is -2.40. The quantitative estimate of drug-likeness (QED) is 0.926. The molecule has 2 rings (SSSR count). The van der Waals surface area contributed by atoms with Crippen LogP contribution in [-0.2, 0) is 0 Å². The van der Waals surface area contributed by atoms with Crippen LogP contribution in [-0.4, -0.2) is 40.9 Å². The van der Waals surface area contributed by atoms with E-state index in [1.165, 1.54) is 6.42 Å². The standard InChI is InChI=1S/C16H26N4O/c1-5-12-7-6-8-20(10-12)16(21)14-13(17-4)9-18-15(19-14)11(2)3/h9,11-12,17H,5-8,10H2,1-4H3. The minimum Gasteiger partial charge on any atom is -0.385 e. The summed E-state index contributed by atoms with van der Waals surface area (Å²) in [6, 6.07) is 0. The molecule has 2 heterocycles. The molecular formula is C16H26N4O. The average molecular weight is 290 g/mol. The van der Waals surface area contributed by atoms with E-state index >= 15 is 0 Å². The van der Waals surface area contributed by atoms with Gasteiger partial charge in [-0.3, -0.25) is 4.79 Å². The minimum absolute atomic E-state index is 0.0294. The second-order valence-corrected chi connectivity index (χ2v) is 6.06.